The molecule has 4 heterocycles. The van der Waals surface area contributed by atoms with E-state index < -0.39 is 6.61 Å². The van der Waals surface area contributed by atoms with Gasteiger partial charge in [0, 0.05) is 54.5 Å². The summed E-state index contributed by atoms with van der Waals surface area (Å²) in [5.74, 6) is 0.136. The lowest BCUT2D eigenvalue weighted by Gasteiger charge is -2.16. The molecule has 0 spiro atoms. The van der Waals surface area contributed by atoms with E-state index in [1.54, 1.807) is 36.5 Å². The van der Waals surface area contributed by atoms with Gasteiger partial charge in [-0.2, -0.15) is 13.8 Å². The molecule has 1 fully saturated rings. The standard InChI is InChI=1S/C30H25Cl2F2N7O3S/c1-45-30-41-26-22(43-30)10-11-36-27(26)39-19-7-3-5-17(25(19)32)16-4-2-6-18(24(16)31)20-14-37-21(28(40-20)44-29(33)34)13-35-12-15-8-9-23(42)38-15/h2-7,10-11,14-15,29,35H,8-9,12-13H2,1H3,(H,36,39)(H,38,42). The van der Waals surface area contributed by atoms with Crippen LogP contribution in [0.4, 0.5) is 20.3 Å². The summed E-state index contributed by atoms with van der Waals surface area (Å²) in [6.07, 6.45) is 6.09. The number of ether oxygens (including phenoxy) is 1. The number of nitrogens with one attached hydrogen (secondary N) is 3. The van der Waals surface area contributed by atoms with Gasteiger partial charge in [-0.1, -0.05) is 65.3 Å². The number of fused-ring (bicyclic) bond motifs is 1. The second-order valence-corrected chi connectivity index (χ2v) is 11.5. The number of nitrogens with zero attached hydrogens (tertiary/aromatic N) is 4. The Morgan fingerprint density at radius 1 is 1.09 bits per heavy atom. The number of oxazole rings is 1. The second-order valence-electron chi connectivity index (χ2n) is 9.97. The number of carbonyl (C=O) groups excluding carboxylic acids is 1. The smallest absolute Gasteiger partial charge is 0.388 e. The third kappa shape index (κ3) is 6.81. The molecule has 1 atom stereocenters. The number of pyridine rings is 1. The van der Waals surface area contributed by atoms with Crippen LogP contribution in [0.2, 0.25) is 10.0 Å². The van der Waals surface area contributed by atoms with E-state index in [4.69, 9.17) is 32.4 Å². The summed E-state index contributed by atoms with van der Waals surface area (Å²) in [7, 11) is 0. The molecule has 0 saturated carbocycles. The van der Waals surface area contributed by atoms with Crippen molar-refractivity contribution in [2.75, 3.05) is 18.1 Å². The molecule has 2 aromatic carbocycles. The molecular weight excluding hydrogens is 647 g/mol. The summed E-state index contributed by atoms with van der Waals surface area (Å²) in [4.78, 5) is 29.0. The van der Waals surface area contributed by atoms with E-state index in [1.165, 1.54) is 18.0 Å². The van der Waals surface area contributed by atoms with Crippen molar-refractivity contribution in [3.63, 3.8) is 0 Å². The van der Waals surface area contributed by atoms with Crippen LogP contribution in [-0.2, 0) is 11.3 Å². The maximum atomic E-state index is 13.3. The number of carbonyl (C=O) groups is 1. The first-order valence-electron chi connectivity index (χ1n) is 13.8. The molecule has 0 bridgehead atoms. The van der Waals surface area contributed by atoms with Gasteiger partial charge < -0.3 is 25.1 Å². The summed E-state index contributed by atoms with van der Waals surface area (Å²) in [6, 6.07) is 12.4. The van der Waals surface area contributed by atoms with Crippen LogP contribution in [0.25, 0.3) is 33.5 Å². The van der Waals surface area contributed by atoms with Gasteiger partial charge in [0.1, 0.15) is 5.69 Å². The molecule has 3 N–H and O–H groups in total. The molecular formula is C30H25Cl2F2N7O3S. The Bertz CT molecular complexity index is 1880. The number of halogens is 4. The number of aromatic nitrogens is 4. The minimum atomic E-state index is -3.11. The van der Waals surface area contributed by atoms with E-state index in [-0.39, 0.29) is 40.8 Å². The van der Waals surface area contributed by atoms with Crippen LogP contribution in [0.1, 0.15) is 18.5 Å². The first-order chi connectivity index (χ1) is 21.8. The quantitative estimate of drug-likeness (QED) is 0.125. The molecule has 5 aromatic rings. The van der Waals surface area contributed by atoms with Crippen molar-refractivity contribution in [1.29, 1.82) is 0 Å². The number of amides is 1. The van der Waals surface area contributed by atoms with E-state index >= 15 is 0 Å². The highest BCUT2D eigenvalue weighted by molar-refractivity contribution is 7.98. The topological polar surface area (TPSA) is 127 Å². The number of anilines is 2. The zero-order valence-corrected chi connectivity index (χ0v) is 25.9. The molecule has 1 aliphatic rings. The van der Waals surface area contributed by atoms with Gasteiger partial charge in [-0.25, -0.2) is 9.97 Å². The number of benzene rings is 2. The van der Waals surface area contributed by atoms with E-state index in [2.05, 4.69) is 35.9 Å². The van der Waals surface area contributed by atoms with Crippen LogP contribution in [0.15, 0.2) is 64.5 Å². The number of hydrogen-bond acceptors (Lipinski definition) is 10. The highest BCUT2D eigenvalue weighted by Crippen LogP contribution is 2.42. The van der Waals surface area contributed by atoms with Gasteiger partial charge in [0.25, 0.3) is 5.22 Å². The average molecular weight is 673 g/mol. The van der Waals surface area contributed by atoms with Gasteiger partial charge >= 0.3 is 6.61 Å². The molecule has 232 valence electrons. The summed E-state index contributed by atoms with van der Waals surface area (Å²) in [5, 5.41) is 10.4. The molecule has 3 aromatic heterocycles. The SMILES string of the molecule is CSc1nc2c(Nc3cccc(-c4cccc(-c5cnc(CNCC6CCC(=O)N6)c(OC(F)F)n5)c4Cl)c3Cl)nccc2o1. The normalized spacial score (nSPS) is 14.7. The van der Waals surface area contributed by atoms with Gasteiger partial charge in [0.05, 0.1) is 27.6 Å². The van der Waals surface area contributed by atoms with Crippen LogP contribution >= 0.6 is 35.0 Å². The van der Waals surface area contributed by atoms with Gasteiger partial charge in [-0.15, -0.1) is 0 Å². The Hall–Kier alpha value is -4.04. The van der Waals surface area contributed by atoms with Gasteiger partial charge in [0.15, 0.2) is 16.9 Å². The fraction of sp³-hybridized carbons (Fsp3) is 0.233. The lowest BCUT2D eigenvalue weighted by atomic mass is 10.0. The zero-order chi connectivity index (χ0) is 31.5. The number of thioether (sulfide) groups is 1. The average Bonchev–Trinajstić information content (AvgIpc) is 3.65. The molecule has 45 heavy (non-hydrogen) atoms. The highest BCUT2D eigenvalue weighted by Gasteiger charge is 2.22. The monoisotopic (exact) mass is 671 g/mol. The lowest BCUT2D eigenvalue weighted by molar-refractivity contribution is -0.119. The largest absolute Gasteiger partial charge is 0.431 e. The predicted molar refractivity (Wildman–Crippen MR) is 169 cm³/mol. The maximum Gasteiger partial charge on any atom is 0.388 e. The fourth-order valence-corrected chi connectivity index (χ4v) is 5.89. The van der Waals surface area contributed by atoms with Crippen LogP contribution in [-0.4, -0.2) is 51.3 Å². The third-order valence-corrected chi connectivity index (χ3v) is 8.40. The summed E-state index contributed by atoms with van der Waals surface area (Å²) >= 11 is 15.2. The van der Waals surface area contributed by atoms with Crippen molar-refractivity contribution in [3.8, 4) is 28.3 Å². The Morgan fingerprint density at radius 3 is 2.62 bits per heavy atom. The third-order valence-electron chi connectivity index (χ3n) is 7.06. The van der Waals surface area contributed by atoms with E-state index in [9.17, 15) is 13.6 Å². The molecule has 1 saturated heterocycles. The molecule has 10 nitrogen and oxygen atoms in total. The predicted octanol–water partition coefficient (Wildman–Crippen LogP) is 7.09. The van der Waals surface area contributed by atoms with Crippen molar-refractivity contribution < 1.29 is 22.7 Å². The summed E-state index contributed by atoms with van der Waals surface area (Å²) in [6.45, 7) is -2.54. The van der Waals surface area contributed by atoms with Crippen LogP contribution in [0.3, 0.4) is 0 Å². The molecule has 0 radical (unpaired) electrons. The second kappa shape index (κ2) is 13.5. The molecule has 1 amide bonds. The van der Waals surface area contributed by atoms with Gasteiger partial charge in [0.2, 0.25) is 11.8 Å². The van der Waals surface area contributed by atoms with Crippen LogP contribution in [0.5, 0.6) is 5.88 Å². The Balaban J connectivity index is 1.28. The Kier molecular flexibility index (Phi) is 9.31. The molecule has 1 aliphatic heterocycles. The lowest BCUT2D eigenvalue weighted by Crippen LogP contribution is -2.35. The maximum absolute atomic E-state index is 13.3. The number of hydrogen-bond donors (Lipinski definition) is 3. The summed E-state index contributed by atoms with van der Waals surface area (Å²) in [5.41, 5.74) is 3.78. The Labute approximate surface area is 270 Å². The zero-order valence-electron chi connectivity index (χ0n) is 23.6. The molecule has 6 rings (SSSR count). The van der Waals surface area contributed by atoms with E-state index in [1.807, 2.05) is 18.4 Å². The van der Waals surface area contributed by atoms with Crippen molar-refractivity contribution in [2.45, 2.75) is 37.3 Å². The minimum Gasteiger partial charge on any atom is -0.431 e. The van der Waals surface area contributed by atoms with Crippen LogP contribution in [0, 0.1) is 0 Å². The van der Waals surface area contributed by atoms with Crippen molar-refractivity contribution in [1.82, 2.24) is 30.6 Å². The highest BCUT2D eigenvalue weighted by atomic mass is 35.5. The Morgan fingerprint density at radius 2 is 1.87 bits per heavy atom. The van der Waals surface area contributed by atoms with Crippen LogP contribution < -0.4 is 20.7 Å². The molecule has 0 aliphatic carbocycles. The molecule has 1 unspecified atom stereocenters. The number of rotatable bonds is 11. The van der Waals surface area contributed by atoms with Crippen molar-refractivity contribution >= 4 is 63.5 Å². The summed E-state index contributed by atoms with van der Waals surface area (Å²) < 4.78 is 37.1. The fourth-order valence-electron chi connectivity index (χ4n) is 4.94. The minimum absolute atomic E-state index is 0.0120. The first-order valence-corrected chi connectivity index (χ1v) is 15.7. The van der Waals surface area contributed by atoms with E-state index in [0.29, 0.717) is 68.9 Å². The van der Waals surface area contributed by atoms with Gasteiger partial charge in [-0.05, 0) is 18.7 Å². The number of alkyl halides is 2. The van der Waals surface area contributed by atoms with Crippen molar-refractivity contribution in [2.24, 2.45) is 0 Å². The van der Waals surface area contributed by atoms with E-state index in [0.717, 1.165) is 0 Å². The van der Waals surface area contributed by atoms with Crippen molar-refractivity contribution in [3.05, 3.63) is 70.6 Å². The first kappa shape index (κ1) is 31.0. The molecule has 15 heteroatoms. The van der Waals surface area contributed by atoms with Gasteiger partial charge in [-0.3, -0.25) is 9.78 Å².